The lowest BCUT2D eigenvalue weighted by Crippen LogP contribution is -2.74. The van der Waals surface area contributed by atoms with Gasteiger partial charge in [0.05, 0.1) is 0 Å². The van der Waals surface area contributed by atoms with Crippen LogP contribution in [-0.4, -0.2) is 8.07 Å². The smallest absolute Gasteiger partial charge is 0.179 e. The highest BCUT2D eigenvalue weighted by molar-refractivity contribution is 7.19. The van der Waals surface area contributed by atoms with Gasteiger partial charge in [-0.25, -0.2) is 0 Å². The summed E-state index contributed by atoms with van der Waals surface area (Å²) < 4.78 is 7.16. The quantitative estimate of drug-likeness (QED) is 0.0729. The third-order valence-electron chi connectivity index (χ3n) is 15.6. The first-order valence-electron chi connectivity index (χ1n) is 26.5. The SMILES string of the molecule is c1ccc(-c2oc3c4cc(-c5ccc(N(c6ccc(-c7ccc8ccccc8c7)cc6)c6ccc([Si](c7ccccc7)(c7ccccc7)c7ccccc7)cc6)cc5)ccc4c4ccccc4c3c2-c2ccccc2)cc1. The first-order chi connectivity index (χ1) is 38.2. The fourth-order valence-electron chi connectivity index (χ4n) is 12.0. The second kappa shape index (κ2) is 19.5. The molecule has 362 valence electrons. The Morgan fingerprint density at radius 2 is 0.662 bits per heavy atom. The Labute approximate surface area is 450 Å². The van der Waals surface area contributed by atoms with Crippen LogP contribution in [0.1, 0.15) is 0 Å². The minimum atomic E-state index is -2.74. The Kier molecular flexibility index (Phi) is 11.6. The Hall–Kier alpha value is -9.80. The van der Waals surface area contributed by atoms with Crippen LogP contribution in [0.4, 0.5) is 17.1 Å². The minimum absolute atomic E-state index is 0.880. The Balaban J connectivity index is 0.904. The first-order valence-corrected chi connectivity index (χ1v) is 28.5. The number of anilines is 3. The molecular formula is C74H51NOSi. The summed E-state index contributed by atoms with van der Waals surface area (Å²) in [6.07, 6.45) is 0. The van der Waals surface area contributed by atoms with Crippen LogP contribution in [0.2, 0.25) is 0 Å². The molecule has 0 aliphatic rings. The van der Waals surface area contributed by atoms with Crippen molar-refractivity contribution in [3.05, 3.63) is 309 Å². The van der Waals surface area contributed by atoms with Gasteiger partial charge in [0, 0.05) is 39.0 Å². The molecule has 13 aromatic carbocycles. The summed E-state index contributed by atoms with van der Waals surface area (Å²) in [7, 11) is -2.74. The molecule has 0 aliphatic heterocycles. The van der Waals surface area contributed by atoms with E-state index in [-0.39, 0.29) is 0 Å². The number of hydrogen-bond donors (Lipinski definition) is 0. The fourth-order valence-corrected chi connectivity index (χ4v) is 16.7. The average molecular weight is 998 g/mol. The summed E-state index contributed by atoms with van der Waals surface area (Å²) in [5.41, 5.74) is 12.1. The molecule has 2 nitrogen and oxygen atoms in total. The van der Waals surface area contributed by atoms with Crippen molar-refractivity contribution in [2.45, 2.75) is 0 Å². The van der Waals surface area contributed by atoms with Crippen LogP contribution in [-0.2, 0) is 0 Å². The normalized spacial score (nSPS) is 11.6. The molecule has 3 heteroatoms. The van der Waals surface area contributed by atoms with Gasteiger partial charge in [0.2, 0.25) is 0 Å². The van der Waals surface area contributed by atoms with Gasteiger partial charge >= 0.3 is 0 Å². The third-order valence-corrected chi connectivity index (χ3v) is 20.4. The van der Waals surface area contributed by atoms with Crippen LogP contribution in [0.5, 0.6) is 0 Å². The molecule has 1 aromatic heterocycles. The van der Waals surface area contributed by atoms with Crippen molar-refractivity contribution >= 4 is 89.2 Å². The van der Waals surface area contributed by atoms with Gasteiger partial charge < -0.3 is 9.32 Å². The van der Waals surface area contributed by atoms with Crippen molar-refractivity contribution in [1.29, 1.82) is 0 Å². The van der Waals surface area contributed by atoms with Crippen molar-refractivity contribution in [2.75, 3.05) is 4.90 Å². The maximum atomic E-state index is 7.16. The number of nitrogens with zero attached hydrogens (tertiary/aromatic N) is 1. The van der Waals surface area contributed by atoms with Gasteiger partial charge in [0.25, 0.3) is 0 Å². The lowest BCUT2D eigenvalue weighted by Gasteiger charge is -2.35. The van der Waals surface area contributed by atoms with E-state index in [4.69, 9.17) is 4.42 Å². The topological polar surface area (TPSA) is 16.4 Å². The number of furan rings is 1. The highest BCUT2D eigenvalue weighted by Gasteiger charge is 2.41. The molecule has 0 bridgehead atoms. The second-order valence-corrected chi connectivity index (χ2v) is 23.7. The van der Waals surface area contributed by atoms with E-state index in [1.807, 2.05) is 0 Å². The standard InChI is InChI=1S/C74H51NOSi/c1-6-21-55(22-7-1)71-72-69-33-19-18-32-67(69)68-49-40-59(51-70(68)74(72)76-73(71)56-23-8-2-9-24-56)54-38-43-61(44-39-54)75(60-41-36-53(37-42-60)58-35-34-52-20-16-17-25-57(52)50-58)62-45-47-66(48-46-62)77(63-26-10-3-11-27-63,64-28-12-4-13-29-64)65-30-14-5-15-31-65/h1-51H. The second-order valence-electron chi connectivity index (χ2n) is 19.9. The Morgan fingerprint density at radius 3 is 1.22 bits per heavy atom. The highest BCUT2D eigenvalue weighted by atomic mass is 28.3. The van der Waals surface area contributed by atoms with Crippen LogP contribution in [0, 0.1) is 0 Å². The lowest BCUT2D eigenvalue weighted by atomic mass is 9.91. The van der Waals surface area contributed by atoms with Crippen molar-refractivity contribution in [3.63, 3.8) is 0 Å². The van der Waals surface area contributed by atoms with Crippen LogP contribution in [0.3, 0.4) is 0 Å². The van der Waals surface area contributed by atoms with E-state index in [2.05, 4.69) is 314 Å². The van der Waals surface area contributed by atoms with E-state index in [0.29, 0.717) is 0 Å². The molecule has 77 heavy (non-hydrogen) atoms. The minimum Gasteiger partial charge on any atom is -0.455 e. The molecule has 14 rings (SSSR count). The number of hydrogen-bond acceptors (Lipinski definition) is 2. The zero-order valence-electron chi connectivity index (χ0n) is 42.3. The molecule has 0 fully saturated rings. The highest BCUT2D eigenvalue weighted by Crippen LogP contribution is 2.48. The summed E-state index contributed by atoms with van der Waals surface area (Å²) in [4.78, 5) is 2.39. The molecule has 0 radical (unpaired) electrons. The Morgan fingerprint density at radius 1 is 0.260 bits per heavy atom. The Bertz CT molecular complexity index is 4290. The maximum absolute atomic E-state index is 7.16. The molecule has 0 unspecified atom stereocenters. The van der Waals surface area contributed by atoms with Gasteiger partial charge in [-0.1, -0.05) is 261 Å². The first kappa shape index (κ1) is 45.8. The van der Waals surface area contributed by atoms with Gasteiger partial charge in [-0.05, 0) is 124 Å². The molecule has 0 atom stereocenters. The van der Waals surface area contributed by atoms with Crippen molar-refractivity contribution in [3.8, 4) is 44.7 Å². The van der Waals surface area contributed by atoms with Gasteiger partial charge in [-0.15, -0.1) is 0 Å². The zero-order chi connectivity index (χ0) is 51.1. The van der Waals surface area contributed by atoms with E-state index >= 15 is 0 Å². The van der Waals surface area contributed by atoms with Crippen LogP contribution in [0.25, 0.3) is 88.0 Å². The summed E-state index contributed by atoms with van der Waals surface area (Å²) in [6, 6.07) is 113. The summed E-state index contributed by atoms with van der Waals surface area (Å²) in [5, 5.41) is 13.6. The van der Waals surface area contributed by atoms with Gasteiger partial charge in [0.1, 0.15) is 11.3 Å². The van der Waals surface area contributed by atoms with Crippen molar-refractivity contribution in [1.82, 2.24) is 0 Å². The van der Waals surface area contributed by atoms with Crippen molar-refractivity contribution in [2.24, 2.45) is 0 Å². The van der Waals surface area contributed by atoms with Gasteiger partial charge in [-0.2, -0.15) is 0 Å². The van der Waals surface area contributed by atoms with Crippen LogP contribution >= 0.6 is 0 Å². The maximum Gasteiger partial charge on any atom is 0.179 e. The van der Waals surface area contributed by atoms with Gasteiger partial charge in [0.15, 0.2) is 8.07 Å². The van der Waals surface area contributed by atoms with Crippen molar-refractivity contribution < 1.29 is 4.42 Å². The van der Waals surface area contributed by atoms with Crippen LogP contribution < -0.4 is 25.6 Å². The summed E-state index contributed by atoms with van der Waals surface area (Å²) >= 11 is 0. The van der Waals surface area contributed by atoms with E-state index in [0.717, 1.165) is 67.0 Å². The average Bonchev–Trinajstić information content (AvgIpc) is 3.98. The van der Waals surface area contributed by atoms with E-state index < -0.39 is 8.07 Å². The molecule has 14 aromatic rings. The zero-order valence-corrected chi connectivity index (χ0v) is 43.3. The predicted molar refractivity (Wildman–Crippen MR) is 329 cm³/mol. The predicted octanol–water partition coefficient (Wildman–Crippen LogP) is 17.4. The molecule has 0 amide bonds. The number of fused-ring (bicyclic) bond motifs is 7. The summed E-state index contributed by atoms with van der Waals surface area (Å²) in [6.45, 7) is 0. The molecule has 0 saturated carbocycles. The molecular weight excluding hydrogens is 947 g/mol. The molecule has 0 spiro atoms. The van der Waals surface area contributed by atoms with Crippen LogP contribution in [0.15, 0.2) is 314 Å². The fraction of sp³-hybridized carbons (Fsp3) is 0. The molecule has 0 N–H and O–H groups in total. The largest absolute Gasteiger partial charge is 0.455 e. The summed E-state index contributed by atoms with van der Waals surface area (Å²) in [5.74, 6) is 0.880. The number of rotatable bonds is 11. The molecule has 0 saturated heterocycles. The molecule has 0 aliphatic carbocycles. The molecule has 1 heterocycles. The van der Waals surface area contributed by atoms with Gasteiger partial charge in [-0.3, -0.25) is 0 Å². The monoisotopic (exact) mass is 997 g/mol. The van der Waals surface area contributed by atoms with E-state index in [9.17, 15) is 0 Å². The lowest BCUT2D eigenvalue weighted by molar-refractivity contribution is 0.636. The number of benzene rings is 13. The van der Waals surface area contributed by atoms with E-state index in [1.165, 1.54) is 58.8 Å². The third kappa shape index (κ3) is 8.04. The van der Waals surface area contributed by atoms with E-state index in [1.54, 1.807) is 0 Å².